The fraction of sp³-hybridized carbons (Fsp3) is 0.357. The molecule has 0 aliphatic heterocycles. The minimum Gasteiger partial charge on any atom is -0.357 e. The van der Waals surface area contributed by atoms with Crippen LogP contribution >= 0.6 is 0 Å². The molecule has 1 aromatic carbocycles. The van der Waals surface area contributed by atoms with Crippen LogP contribution in [-0.4, -0.2) is 22.6 Å². The van der Waals surface area contributed by atoms with Crippen LogP contribution in [-0.2, 0) is 13.1 Å². The van der Waals surface area contributed by atoms with Crippen LogP contribution in [0.5, 0.6) is 0 Å². The fourth-order valence-electron chi connectivity index (χ4n) is 1.74. The van der Waals surface area contributed by atoms with Crippen LogP contribution in [0.3, 0.4) is 0 Å². The monoisotopic (exact) mass is 309 g/mol. The van der Waals surface area contributed by atoms with Crippen molar-refractivity contribution in [3.8, 4) is 0 Å². The molecule has 1 aromatic heterocycles. The van der Waals surface area contributed by atoms with Gasteiger partial charge < -0.3 is 15.2 Å². The summed E-state index contributed by atoms with van der Waals surface area (Å²) in [5, 5.41) is 9.66. The number of aliphatic imine (C=N–C) groups is 1. The lowest BCUT2D eigenvalue weighted by Crippen LogP contribution is -2.36. The average Bonchev–Trinajstić information content (AvgIpc) is 2.91. The van der Waals surface area contributed by atoms with Gasteiger partial charge in [-0.25, -0.2) is 13.8 Å². The molecule has 1 heterocycles. The van der Waals surface area contributed by atoms with Crippen molar-refractivity contribution in [2.45, 2.75) is 26.9 Å². The molecule has 22 heavy (non-hydrogen) atoms. The van der Waals surface area contributed by atoms with Crippen LogP contribution in [0.4, 0.5) is 8.78 Å². The van der Waals surface area contributed by atoms with Crippen molar-refractivity contribution in [2.75, 3.05) is 6.54 Å². The molecule has 0 aliphatic carbocycles. The molecule has 6 nitrogen and oxygen atoms in total. The van der Waals surface area contributed by atoms with Crippen molar-refractivity contribution in [3.63, 3.8) is 0 Å². The van der Waals surface area contributed by atoms with E-state index in [0.29, 0.717) is 24.2 Å². The normalized spacial score (nSPS) is 11.5. The second-order valence-corrected chi connectivity index (χ2v) is 4.52. The lowest BCUT2D eigenvalue weighted by molar-refractivity contribution is 0.371. The number of guanidine groups is 1. The van der Waals surface area contributed by atoms with Crippen LogP contribution in [0.2, 0.25) is 0 Å². The first-order chi connectivity index (χ1) is 10.6. The van der Waals surface area contributed by atoms with Gasteiger partial charge in [0.1, 0.15) is 11.6 Å². The number of aromatic nitrogens is 2. The van der Waals surface area contributed by atoms with E-state index in [2.05, 4.69) is 25.8 Å². The van der Waals surface area contributed by atoms with Crippen molar-refractivity contribution in [1.29, 1.82) is 0 Å². The van der Waals surface area contributed by atoms with Crippen molar-refractivity contribution in [1.82, 2.24) is 20.8 Å². The van der Waals surface area contributed by atoms with Crippen molar-refractivity contribution < 1.29 is 13.3 Å². The maximum Gasteiger partial charge on any atom is 0.246 e. The Balaban J connectivity index is 2.01. The first kappa shape index (κ1) is 15.9. The van der Waals surface area contributed by atoms with E-state index in [1.807, 2.05) is 6.92 Å². The van der Waals surface area contributed by atoms with E-state index < -0.39 is 11.6 Å². The molecule has 0 aliphatic rings. The van der Waals surface area contributed by atoms with Crippen LogP contribution in [0.25, 0.3) is 0 Å². The van der Waals surface area contributed by atoms with Crippen LogP contribution in [0, 0.1) is 18.6 Å². The predicted molar refractivity (Wildman–Crippen MR) is 77.0 cm³/mol. The molecule has 0 unspecified atom stereocenters. The summed E-state index contributed by atoms with van der Waals surface area (Å²) in [6, 6.07) is 3.29. The van der Waals surface area contributed by atoms with E-state index in [0.717, 1.165) is 18.2 Å². The highest BCUT2D eigenvalue weighted by Gasteiger charge is 2.06. The zero-order valence-electron chi connectivity index (χ0n) is 12.4. The lowest BCUT2D eigenvalue weighted by atomic mass is 10.2. The summed E-state index contributed by atoms with van der Waals surface area (Å²) in [5.74, 6) is 0.419. The molecule has 2 N–H and O–H groups in total. The van der Waals surface area contributed by atoms with E-state index >= 15 is 0 Å². The first-order valence-corrected chi connectivity index (χ1v) is 6.83. The fourth-order valence-corrected chi connectivity index (χ4v) is 1.74. The lowest BCUT2D eigenvalue weighted by Gasteiger charge is -2.09. The number of hydrogen-bond acceptors (Lipinski definition) is 4. The van der Waals surface area contributed by atoms with Crippen molar-refractivity contribution in [3.05, 3.63) is 47.1 Å². The highest BCUT2D eigenvalue weighted by molar-refractivity contribution is 5.79. The Bertz CT molecular complexity index is 656. The Kier molecular flexibility index (Phi) is 5.40. The van der Waals surface area contributed by atoms with E-state index in [4.69, 9.17) is 4.52 Å². The standard InChI is InChI=1S/C14H17F2N5O/c1-3-17-14(19-8-13-20-9(2)21-22-13)18-7-10-6-11(15)4-5-12(10)16/h4-6H,3,7-8H2,1-2H3,(H2,17,18,19). The van der Waals surface area contributed by atoms with E-state index in [1.54, 1.807) is 6.92 Å². The molecule has 0 saturated heterocycles. The summed E-state index contributed by atoms with van der Waals surface area (Å²) in [6.45, 7) is 4.55. The summed E-state index contributed by atoms with van der Waals surface area (Å²) >= 11 is 0. The summed E-state index contributed by atoms with van der Waals surface area (Å²) in [6.07, 6.45) is 0. The minimum absolute atomic E-state index is 0.0157. The number of aryl methyl sites for hydroxylation is 1. The first-order valence-electron chi connectivity index (χ1n) is 6.83. The third-order valence-electron chi connectivity index (χ3n) is 2.74. The van der Waals surface area contributed by atoms with Gasteiger partial charge in [0.15, 0.2) is 11.8 Å². The number of nitrogens with zero attached hydrogens (tertiary/aromatic N) is 3. The van der Waals surface area contributed by atoms with Gasteiger partial charge in [-0.1, -0.05) is 5.16 Å². The van der Waals surface area contributed by atoms with Gasteiger partial charge in [0.05, 0.1) is 13.1 Å². The highest BCUT2D eigenvalue weighted by atomic mass is 19.1. The maximum atomic E-state index is 13.5. The number of halogens is 2. The summed E-state index contributed by atoms with van der Waals surface area (Å²) in [7, 11) is 0. The topological polar surface area (TPSA) is 75.3 Å². The SMILES string of the molecule is CCNC(=NCc1cc(F)ccc1F)NCc1nc(C)no1. The second-order valence-electron chi connectivity index (χ2n) is 4.52. The zero-order valence-corrected chi connectivity index (χ0v) is 12.4. The molecule has 8 heteroatoms. The van der Waals surface area contributed by atoms with Gasteiger partial charge in [-0.15, -0.1) is 0 Å². The molecular weight excluding hydrogens is 292 g/mol. The van der Waals surface area contributed by atoms with Gasteiger partial charge in [-0.2, -0.15) is 4.98 Å². The molecule has 2 aromatic rings. The molecular formula is C14H17F2N5O. The van der Waals surface area contributed by atoms with Gasteiger partial charge in [-0.05, 0) is 32.0 Å². The summed E-state index contributed by atoms with van der Waals surface area (Å²) in [4.78, 5) is 8.26. The third-order valence-corrected chi connectivity index (χ3v) is 2.74. The number of hydrogen-bond donors (Lipinski definition) is 2. The molecule has 0 spiro atoms. The zero-order chi connectivity index (χ0) is 15.9. The Morgan fingerprint density at radius 1 is 1.32 bits per heavy atom. The second kappa shape index (κ2) is 7.48. The molecule has 0 saturated carbocycles. The smallest absolute Gasteiger partial charge is 0.246 e. The molecule has 118 valence electrons. The van der Waals surface area contributed by atoms with Gasteiger partial charge >= 0.3 is 0 Å². The quantitative estimate of drug-likeness (QED) is 0.652. The van der Waals surface area contributed by atoms with E-state index in [-0.39, 0.29) is 18.7 Å². The minimum atomic E-state index is -0.495. The Hall–Kier alpha value is -2.51. The van der Waals surface area contributed by atoms with Gasteiger partial charge in [0.25, 0.3) is 0 Å². The van der Waals surface area contributed by atoms with Gasteiger partial charge in [-0.3, -0.25) is 0 Å². The summed E-state index contributed by atoms with van der Waals surface area (Å²) in [5.41, 5.74) is 0.186. The van der Waals surface area contributed by atoms with Crippen LogP contribution in [0.15, 0.2) is 27.7 Å². The average molecular weight is 309 g/mol. The van der Waals surface area contributed by atoms with E-state index in [1.165, 1.54) is 0 Å². The largest absolute Gasteiger partial charge is 0.357 e. The molecule has 0 amide bonds. The Morgan fingerprint density at radius 3 is 2.82 bits per heavy atom. The summed E-state index contributed by atoms with van der Waals surface area (Å²) < 4.78 is 31.6. The third kappa shape index (κ3) is 4.51. The highest BCUT2D eigenvalue weighted by Crippen LogP contribution is 2.10. The predicted octanol–water partition coefficient (Wildman–Crippen LogP) is 1.91. The van der Waals surface area contributed by atoms with Crippen molar-refractivity contribution >= 4 is 5.96 Å². The molecule has 0 radical (unpaired) electrons. The number of benzene rings is 1. The van der Waals surface area contributed by atoms with Crippen molar-refractivity contribution in [2.24, 2.45) is 4.99 Å². The molecule has 0 atom stereocenters. The maximum absolute atomic E-state index is 13.5. The molecule has 2 rings (SSSR count). The Morgan fingerprint density at radius 2 is 2.14 bits per heavy atom. The van der Waals surface area contributed by atoms with Gasteiger partial charge in [0.2, 0.25) is 5.89 Å². The van der Waals surface area contributed by atoms with Crippen LogP contribution < -0.4 is 10.6 Å². The van der Waals surface area contributed by atoms with E-state index in [9.17, 15) is 8.78 Å². The number of rotatable bonds is 5. The Labute approximate surface area is 126 Å². The van der Waals surface area contributed by atoms with Gasteiger partial charge in [0, 0.05) is 12.1 Å². The number of nitrogens with one attached hydrogen (secondary N) is 2. The molecule has 0 bridgehead atoms. The van der Waals surface area contributed by atoms with Crippen LogP contribution in [0.1, 0.15) is 24.2 Å². The molecule has 0 fully saturated rings.